The lowest BCUT2D eigenvalue weighted by Gasteiger charge is -2.35. The van der Waals surface area contributed by atoms with E-state index in [2.05, 4.69) is 10.3 Å². The van der Waals surface area contributed by atoms with E-state index in [0.29, 0.717) is 30.3 Å². The fourth-order valence-corrected chi connectivity index (χ4v) is 3.22. The standard InChI is InChI=1S/C16H20ClN3O3/c17-11-8-13(10-18-9-11)23-12-4-6-20(7-5-12)16(22)14-2-1-3-15(21)19-14/h8-10,12,14H,1-7H2,(H,19,21)/t14-/m0/s1. The Bertz CT molecular complexity index is 588. The van der Waals surface area contributed by atoms with Gasteiger partial charge in [0.25, 0.3) is 0 Å². The Hall–Kier alpha value is -1.82. The van der Waals surface area contributed by atoms with Gasteiger partial charge in [0.2, 0.25) is 11.8 Å². The predicted octanol–water partition coefficient (Wildman–Crippen LogP) is 1.77. The van der Waals surface area contributed by atoms with Gasteiger partial charge in [-0.2, -0.15) is 0 Å². The molecule has 0 bridgehead atoms. The molecule has 3 rings (SSSR count). The van der Waals surface area contributed by atoms with E-state index in [9.17, 15) is 9.59 Å². The smallest absolute Gasteiger partial charge is 0.245 e. The van der Waals surface area contributed by atoms with Crippen molar-refractivity contribution in [2.75, 3.05) is 13.1 Å². The molecule has 0 unspecified atom stereocenters. The Morgan fingerprint density at radius 1 is 1.30 bits per heavy atom. The van der Waals surface area contributed by atoms with Crippen LogP contribution in [-0.4, -0.2) is 46.9 Å². The molecule has 7 heteroatoms. The minimum Gasteiger partial charge on any atom is -0.489 e. The van der Waals surface area contributed by atoms with Crippen molar-refractivity contribution in [3.05, 3.63) is 23.5 Å². The van der Waals surface area contributed by atoms with Gasteiger partial charge in [0.05, 0.1) is 11.2 Å². The van der Waals surface area contributed by atoms with Gasteiger partial charge in [-0.15, -0.1) is 0 Å². The van der Waals surface area contributed by atoms with Crippen LogP contribution in [0, 0.1) is 0 Å². The molecule has 2 saturated heterocycles. The normalized spacial score (nSPS) is 22.6. The molecule has 1 aromatic heterocycles. The number of piperidine rings is 2. The van der Waals surface area contributed by atoms with Crippen molar-refractivity contribution in [2.24, 2.45) is 0 Å². The molecule has 0 aliphatic carbocycles. The van der Waals surface area contributed by atoms with Crippen LogP contribution in [0.3, 0.4) is 0 Å². The lowest BCUT2D eigenvalue weighted by molar-refractivity contribution is -0.139. The van der Waals surface area contributed by atoms with Gasteiger partial charge >= 0.3 is 0 Å². The third kappa shape index (κ3) is 4.13. The van der Waals surface area contributed by atoms with E-state index in [4.69, 9.17) is 16.3 Å². The van der Waals surface area contributed by atoms with E-state index in [1.807, 2.05) is 4.90 Å². The fraction of sp³-hybridized carbons (Fsp3) is 0.562. The van der Waals surface area contributed by atoms with E-state index in [-0.39, 0.29) is 24.0 Å². The van der Waals surface area contributed by atoms with Gasteiger partial charge in [0, 0.05) is 44.6 Å². The number of halogens is 1. The zero-order valence-electron chi connectivity index (χ0n) is 12.8. The molecule has 0 spiro atoms. The van der Waals surface area contributed by atoms with Crippen molar-refractivity contribution in [1.29, 1.82) is 0 Å². The summed E-state index contributed by atoms with van der Waals surface area (Å²) < 4.78 is 5.87. The molecule has 1 N–H and O–H groups in total. The van der Waals surface area contributed by atoms with Gasteiger partial charge in [-0.25, -0.2) is 0 Å². The highest BCUT2D eigenvalue weighted by Crippen LogP contribution is 2.22. The largest absolute Gasteiger partial charge is 0.489 e. The highest BCUT2D eigenvalue weighted by atomic mass is 35.5. The van der Waals surface area contributed by atoms with Crippen LogP contribution >= 0.6 is 11.6 Å². The number of likely N-dealkylation sites (tertiary alicyclic amines) is 1. The van der Waals surface area contributed by atoms with Crippen LogP contribution in [0.2, 0.25) is 5.02 Å². The summed E-state index contributed by atoms with van der Waals surface area (Å²) in [4.78, 5) is 29.7. The molecule has 2 aliphatic rings. The summed E-state index contributed by atoms with van der Waals surface area (Å²) in [7, 11) is 0. The SMILES string of the molecule is O=C1CCC[C@@H](C(=O)N2CCC(Oc3cncc(Cl)c3)CC2)N1. The van der Waals surface area contributed by atoms with Crippen LogP contribution in [0.5, 0.6) is 5.75 Å². The van der Waals surface area contributed by atoms with Gasteiger partial charge in [0.15, 0.2) is 0 Å². The highest BCUT2D eigenvalue weighted by Gasteiger charge is 2.31. The monoisotopic (exact) mass is 337 g/mol. The zero-order chi connectivity index (χ0) is 16.2. The van der Waals surface area contributed by atoms with Crippen LogP contribution < -0.4 is 10.1 Å². The van der Waals surface area contributed by atoms with Crippen LogP contribution in [0.15, 0.2) is 18.5 Å². The first kappa shape index (κ1) is 16.1. The Balaban J connectivity index is 1.50. The van der Waals surface area contributed by atoms with E-state index in [0.717, 1.165) is 25.7 Å². The van der Waals surface area contributed by atoms with Gasteiger partial charge < -0.3 is 15.0 Å². The molecular weight excluding hydrogens is 318 g/mol. The number of carbonyl (C=O) groups is 2. The Kier molecular flexibility index (Phi) is 5.00. The van der Waals surface area contributed by atoms with E-state index < -0.39 is 0 Å². The molecule has 1 atom stereocenters. The molecule has 2 amide bonds. The molecule has 6 nitrogen and oxygen atoms in total. The van der Waals surface area contributed by atoms with E-state index >= 15 is 0 Å². The summed E-state index contributed by atoms with van der Waals surface area (Å²) in [6, 6.07) is 1.38. The minimum absolute atomic E-state index is 0.0266. The van der Waals surface area contributed by atoms with Gasteiger partial charge in [-0.05, 0) is 12.8 Å². The van der Waals surface area contributed by atoms with Crippen LogP contribution in [0.4, 0.5) is 0 Å². The number of nitrogens with one attached hydrogen (secondary N) is 1. The molecule has 3 heterocycles. The second-order valence-electron chi connectivity index (χ2n) is 5.99. The Morgan fingerprint density at radius 2 is 2.09 bits per heavy atom. The fourth-order valence-electron chi connectivity index (χ4n) is 3.05. The first-order valence-corrected chi connectivity index (χ1v) is 8.35. The highest BCUT2D eigenvalue weighted by molar-refractivity contribution is 6.30. The topological polar surface area (TPSA) is 71.5 Å². The summed E-state index contributed by atoms with van der Waals surface area (Å²) >= 11 is 5.90. The van der Waals surface area contributed by atoms with E-state index in [1.54, 1.807) is 18.5 Å². The number of carbonyl (C=O) groups excluding carboxylic acids is 2. The molecule has 2 aliphatic heterocycles. The first-order chi connectivity index (χ1) is 11.1. The van der Waals surface area contributed by atoms with Gasteiger partial charge in [-0.3, -0.25) is 14.6 Å². The molecule has 124 valence electrons. The predicted molar refractivity (Wildman–Crippen MR) is 85.3 cm³/mol. The lowest BCUT2D eigenvalue weighted by atomic mass is 10.0. The number of ether oxygens (including phenoxy) is 1. The maximum absolute atomic E-state index is 12.5. The molecular formula is C16H20ClN3O3. The number of rotatable bonds is 3. The van der Waals surface area contributed by atoms with Crippen LogP contribution in [0.1, 0.15) is 32.1 Å². The second kappa shape index (κ2) is 7.17. The molecule has 0 saturated carbocycles. The third-order valence-electron chi connectivity index (χ3n) is 4.27. The van der Waals surface area contributed by atoms with Crippen LogP contribution in [-0.2, 0) is 9.59 Å². The van der Waals surface area contributed by atoms with Crippen molar-refractivity contribution >= 4 is 23.4 Å². The molecule has 2 fully saturated rings. The number of hydrogen-bond donors (Lipinski definition) is 1. The Morgan fingerprint density at radius 3 is 2.78 bits per heavy atom. The summed E-state index contributed by atoms with van der Waals surface area (Å²) in [6.07, 6.45) is 6.82. The quantitative estimate of drug-likeness (QED) is 0.912. The maximum Gasteiger partial charge on any atom is 0.245 e. The van der Waals surface area contributed by atoms with Crippen molar-refractivity contribution in [3.63, 3.8) is 0 Å². The summed E-state index contributed by atoms with van der Waals surface area (Å²) in [6.45, 7) is 1.29. The minimum atomic E-state index is -0.356. The molecule has 0 aromatic carbocycles. The lowest BCUT2D eigenvalue weighted by Crippen LogP contribution is -2.53. The molecule has 0 radical (unpaired) electrons. The second-order valence-corrected chi connectivity index (χ2v) is 6.43. The summed E-state index contributed by atoms with van der Waals surface area (Å²) in [5, 5.41) is 3.33. The van der Waals surface area contributed by atoms with Crippen molar-refractivity contribution < 1.29 is 14.3 Å². The van der Waals surface area contributed by atoms with Gasteiger partial charge in [0.1, 0.15) is 17.9 Å². The van der Waals surface area contributed by atoms with Gasteiger partial charge in [-0.1, -0.05) is 11.6 Å². The number of nitrogens with zero attached hydrogens (tertiary/aromatic N) is 2. The molecule has 1 aromatic rings. The number of amides is 2. The Labute approximate surface area is 140 Å². The number of aromatic nitrogens is 1. The van der Waals surface area contributed by atoms with Crippen molar-refractivity contribution in [3.8, 4) is 5.75 Å². The number of pyridine rings is 1. The molecule has 23 heavy (non-hydrogen) atoms. The zero-order valence-corrected chi connectivity index (χ0v) is 13.6. The average molecular weight is 338 g/mol. The third-order valence-corrected chi connectivity index (χ3v) is 4.47. The first-order valence-electron chi connectivity index (χ1n) is 7.97. The van der Waals surface area contributed by atoms with E-state index in [1.165, 1.54) is 0 Å². The summed E-state index contributed by atoms with van der Waals surface area (Å²) in [5.74, 6) is 0.656. The average Bonchev–Trinajstić information content (AvgIpc) is 2.55. The van der Waals surface area contributed by atoms with Crippen molar-refractivity contribution in [1.82, 2.24) is 15.2 Å². The van der Waals surface area contributed by atoms with Crippen LogP contribution in [0.25, 0.3) is 0 Å². The van der Waals surface area contributed by atoms with Crippen molar-refractivity contribution in [2.45, 2.75) is 44.2 Å². The maximum atomic E-state index is 12.5. The number of hydrogen-bond acceptors (Lipinski definition) is 4. The summed E-state index contributed by atoms with van der Waals surface area (Å²) in [5.41, 5.74) is 0.